The SMILES string of the molecule is CSCC(=O)N1CCOc2c(O)cc(-c3cccc(Cl)c3)cc2C1. The third kappa shape index (κ3) is 3.62. The van der Waals surface area contributed by atoms with Gasteiger partial charge in [0.15, 0.2) is 11.5 Å². The predicted molar refractivity (Wildman–Crippen MR) is 97.8 cm³/mol. The van der Waals surface area contributed by atoms with E-state index in [0.29, 0.717) is 36.2 Å². The standard InChI is InChI=1S/C18H18ClNO3S/c1-24-11-17(22)20-5-6-23-18-14(10-20)7-13(9-16(18)21)12-3-2-4-15(19)8-12/h2-4,7-9,21H,5-6,10-11H2,1H3. The molecule has 4 nitrogen and oxygen atoms in total. The molecule has 1 heterocycles. The van der Waals surface area contributed by atoms with E-state index in [1.165, 1.54) is 11.8 Å². The maximum Gasteiger partial charge on any atom is 0.232 e. The predicted octanol–water partition coefficient (Wildman–Crippen LogP) is 3.80. The molecule has 0 aliphatic carbocycles. The van der Waals surface area contributed by atoms with Crippen LogP contribution >= 0.6 is 23.4 Å². The average molecular weight is 364 g/mol. The number of carbonyl (C=O) groups is 1. The minimum atomic E-state index is 0.0756. The highest BCUT2D eigenvalue weighted by molar-refractivity contribution is 7.99. The molecule has 2 aromatic rings. The van der Waals surface area contributed by atoms with Crippen molar-refractivity contribution in [2.75, 3.05) is 25.2 Å². The molecule has 1 amide bonds. The highest BCUT2D eigenvalue weighted by Crippen LogP contribution is 2.38. The van der Waals surface area contributed by atoms with Crippen LogP contribution in [0.3, 0.4) is 0 Å². The highest BCUT2D eigenvalue weighted by atomic mass is 35.5. The molecular formula is C18H18ClNO3S. The van der Waals surface area contributed by atoms with E-state index in [1.807, 2.05) is 30.5 Å². The van der Waals surface area contributed by atoms with Gasteiger partial charge < -0.3 is 14.7 Å². The molecule has 0 fully saturated rings. The zero-order valence-electron chi connectivity index (χ0n) is 13.3. The first-order valence-electron chi connectivity index (χ1n) is 7.60. The maximum absolute atomic E-state index is 12.2. The van der Waals surface area contributed by atoms with Crippen molar-refractivity contribution in [1.29, 1.82) is 0 Å². The van der Waals surface area contributed by atoms with Gasteiger partial charge in [-0.3, -0.25) is 4.79 Å². The van der Waals surface area contributed by atoms with Gasteiger partial charge in [-0.25, -0.2) is 0 Å². The van der Waals surface area contributed by atoms with E-state index in [4.69, 9.17) is 16.3 Å². The van der Waals surface area contributed by atoms with Crippen molar-refractivity contribution in [3.8, 4) is 22.6 Å². The summed E-state index contributed by atoms with van der Waals surface area (Å²) in [4.78, 5) is 14.0. The maximum atomic E-state index is 12.2. The number of carbonyl (C=O) groups excluding carboxylic acids is 1. The summed E-state index contributed by atoms with van der Waals surface area (Å²) in [6.45, 7) is 1.31. The number of halogens is 1. The summed E-state index contributed by atoms with van der Waals surface area (Å²) in [7, 11) is 0. The van der Waals surface area contributed by atoms with Gasteiger partial charge in [0.2, 0.25) is 5.91 Å². The van der Waals surface area contributed by atoms with E-state index < -0.39 is 0 Å². The fraction of sp³-hybridized carbons (Fsp3) is 0.278. The number of rotatable bonds is 3. The second-order valence-corrected chi connectivity index (χ2v) is 6.89. The molecule has 1 N–H and O–H groups in total. The largest absolute Gasteiger partial charge is 0.504 e. The van der Waals surface area contributed by atoms with Gasteiger partial charge in [0.1, 0.15) is 6.61 Å². The lowest BCUT2D eigenvalue weighted by Crippen LogP contribution is -2.33. The molecule has 24 heavy (non-hydrogen) atoms. The fourth-order valence-corrected chi connectivity index (χ4v) is 3.38. The lowest BCUT2D eigenvalue weighted by molar-refractivity contribution is -0.129. The molecule has 1 aliphatic heterocycles. The van der Waals surface area contributed by atoms with Crippen LogP contribution in [0.4, 0.5) is 0 Å². The molecule has 0 radical (unpaired) electrons. The van der Waals surface area contributed by atoms with Gasteiger partial charge in [-0.15, -0.1) is 0 Å². The van der Waals surface area contributed by atoms with Gasteiger partial charge >= 0.3 is 0 Å². The van der Waals surface area contributed by atoms with Gasteiger partial charge in [0.25, 0.3) is 0 Å². The van der Waals surface area contributed by atoms with E-state index in [1.54, 1.807) is 17.0 Å². The van der Waals surface area contributed by atoms with Crippen molar-refractivity contribution < 1.29 is 14.6 Å². The molecule has 0 spiro atoms. The zero-order chi connectivity index (χ0) is 17.1. The number of thioether (sulfide) groups is 1. The van der Waals surface area contributed by atoms with Crippen LogP contribution in [0.15, 0.2) is 36.4 Å². The van der Waals surface area contributed by atoms with Crippen LogP contribution in [0.5, 0.6) is 11.5 Å². The molecule has 0 bridgehead atoms. The number of aromatic hydroxyl groups is 1. The van der Waals surface area contributed by atoms with Crippen LogP contribution in [0.1, 0.15) is 5.56 Å². The van der Waals surface area contributed by atoms with Crippen LogP contribution in [0.25, 0.3) is 11.1 Å². The van der Waals surface area contributed by atoms with Crippen molar-refractivity contribution in [2.45, 2.75) is 6.54 Å². The third-order valence-corrected chi connectivity index (χ3v) is 4.66. The monoisotopic (exact) mass is 363 g/mol. The average Bonchev–Trinajstić information content (AvgIpc) is 2.78. The van der Waals surface area contributed by atoms with Crippen molar-refractivity contribution >= 4 is 29.3 Å². The molecule has 126 valence electrons. The van der Waals surface area contributed by atoms with Crippen LogP contribution in [-0.4, -0.2) is 41.1 Å². The molecule has 0 unspecified atom stereocenters. The first kappa shape index (κ1) is 17.0. The van der Waals surface area contributed by atoms with E-state index in [2.05, 4.69) is 0 Å². The summed E-state index contributed by atoms with van der Waals surface area (Å²) in [5.41, 5.74) is 2.56. The molecule has 0 atom stereocenters. The van der Waals surface area contributed by atoms with Crippen molar-refractivity contribution in [2.24, 2.45) is 0 Å². The van der Waals surface area contributed by atoms with Gasteiger partial charge in [0, 0.05) is 17.1 Å². The molecular weight excluding hydrogens is 346 g/mol. The van der Waals surface area contributed by atoms with Gasteiger partial charge in [-0.05, 0) is 41.6 Å². The van der Waals surface area contributed by atoms with Crippen LogP contribution in [0.2, 0.25) is 5.02 Å². The Labute approximate surface area is 150 Å². The number of amides is 1. The number of phenols is 1. The second-order valence-electron chi connectivity index (χ2n) is 5.59. The van der Waals surface area contributed by atoms with E-state index in [-0.39, 0.29) is 11.7 Å². The number of hydrogen-bond donors (Lipinski definition) is 1. The van der Waals surface area contributed by atoms with Crippen molar-refractivity contribution in [3.63, 3.8) is 0 Å². The molecule has 0 saturated carbocycles. The molecule has 6 heteroatoms. The zero-order valence-corrected chi connectivity index (χ0v) is 14.9. The summed E-state index contributed by atoms with van der Waals surface area (Å²) < 4.78 is 5.68. The van der Waals surface area contributed by atoms with Crippen LogP contribution < -0.4 is 4.74 Å². The van der Waals surface area contributed by atoms with Crippen molar-refractivity contribution in [1.82, 2.24) is 4.90 Å². The summed E-state index contributed by atoms with van der Waals surface area (Å²) in [5.74, 6) is 1.06. The molecule has 2 aromatic carbocycles. The van der Waals surface area contributed by atoms with E-state index in [0.717, 1.165) is 16.7 Å². The number of nitrogens with zero attached hydrogens (tertiary/aromatic N) is 1. The quantitative estimate of drug-likeness (QED) is 0.901. The molecule has 1 aliphatic rings. The Kier molecular flexibility index (Phi) is 5.21. The number of ether oxygens (including phenoxy) is 1. The smallest absolute Gasteiger partial charge is 0.232 e. The number of benzene rings is 2. The van der Waals surface area contributed by atoms with Gasteiger partial charge in [-0.2, -0.15) is 11.8 Å². The molecule has 0 aromatic heterocycles. The summed E-state index contributed by atoms with van der Waals surface area (Å²) in [5, 5.41) is 11.0. The van der Waals surface area contributed by atoms with Gasteiger partial charge in [0.05, 0.1) is 12.3 Å². The third-order valence-electron chi connectivity index (χ3n) is 3.89. The second kappa shape index (κ2) is 7.36. The summed E-state index contributed by atoms with van der Waals surface area (Å²) >= 11 is 7.56. The number of fused-ring (bicyclic) bond motifs is 1. The fourth-order valence-electron chi connectivity index (χ4n) is 2.76. The summed E-state index contributed by atoms with van der Waals surface area (Å²) in [6.07, 6.45) is 1.91. The first-order valence-corrected chi connectivity index (χ1v) is 9.37. The lowest BCUT2D eigenvalue weighted by atomic mass is 10.0. The first-order chi connectivity index (χ1) is 11.6. The summed E-state index contributed by atoms with van der Waals surface area (Å²) in [6, 6.07) is 11.1. The Balaban J connectivity index is 1.98. The van der Waals surface area contributed by atoms with Gasteiger partial charge in [-0.1, -0.05) is 23.7 Å². The Bertz CT molecular complexity index is 766. The molecule has 0 saturated heterocycles. The Morgan fingerprint density at radius 1 is 1.33 bits per heavy atom. The topological polar surface area (TPSA) is 49.8 Å². The Morgan fingerprint density at radius 2 is 2.17 bits per heavy atom. The Morgan fingerprint density at radius 3 is 2.92 bits per heavy atom. The van der Waals surface area contributed by atoms with E-state index >= 15 is 0 Å². The van der Waals surface area contributed by atoms with Crippen LogP contribution in [0, 0.1) is 0 Å². The van der Waals surface area contributed by atoms with Crippen LogP contribution in [-0.2, 0) is 11.3 Å². The van der Waals surface area contributed by atoms with E-state index in [9.17, 15) is 9.90 Å². The minimum absolute atomic E-state index is 0.0756. The normalized spacial score (nSPS) is 13.8. The highest BCUT2D eigenvalue weighted by Gasteiger charge is 2.22. The van der Waals surface area contributed by atoms with Crippen molar-refractivity contribution in [3.05, 3.63) is 47.0 Å². The Hall–Kier alpha value is -1.85. The number of phenolic OH excluding ortho intramolecular Hbond substituents is 1. The molecule has 3 rings (SSSR count). The number of hydrogen-bond acceptors (Lipinski definition) is 4. The lowest BCUT2D eigenvalue weighted by Gasteiger charge is -2.19. The minimum Gasteiger partial charge on any atom is -0.504 e.